The number of nitrogens with zero attached hydrogens (tertiary/aromatic N) is 1. The maximum absolute atomic E-state index is 12.2. The lowest BCUT2D eigenvalue weighted by Crippen LogP contribution is -2.13. The van der Waals surface area contributed by atoms with Crippen molar-refractivity contribution >= 4 is 21.4 Å². The molecule has 21 heavy (non-hydrogen) atoms. The van der Waals surface area contributed by atoms with Crippen LogP contribution in [0.5, 0.6) is 11.6 Å². The Kier molecular flexibility index (Phi) is 4.18. The number of benzene rings is 1. The van der Waals surface area contributed by atoms with E-state index in [0.717, 1.165) is 0 Å². The molecule has 0 atom stereocenters. The molecule has 2 rings (SSSR count). The van der Waals surface area contributed by atoms with E-state index in [2.05, 4.69) is 9.71 Å². The molecule has 0 bridgehead atoms. The number of nitrogens with one attached hydrogen (secondary N) is 1. The van der Waals surface area contributed by atoms with Gasteiger partial charge in [0.1, 0.15) is 5.75 Å². The minimum Gasteiger partial charge on any atom is -0.495 e. The van der Waals surface area contributed by atoms with Crippen LogP contribution in [0.15, 0.2) is 41.4 Å². The Morgan fingerprint density at radius 2 is 1.90 bits per heavy atom. The molecule has 0 amide bonds. The molecule has 0 radical (unpaired) electrons. The van der Waals surface area contributed by atoms with E-state index in [4.69, 9.17) is 15.2 Å². The fourth-order valence-electron chi connectivity index (χ4n) is 1.66. The number of aromatic nitrogens is 1. The second-order valence-electron chi connectivity index (χ2n) is 4.10. The zero-order chi connectivity index (χ0) is 15.5. The number of anilines is 2. The van der Waals surface area contributed by atoms with Crippen LogP contribution >= 0.6 is 0 Å². The fourth-order valence-corrected chi connectivity index (χ4v) is 2.73. The Hall–Kier alpha value is -2.48. The van der Waals surface area contributed by atoms with E-state index < -0.39 is 10.0 Å². The van der Waals surface area contributed by atoms with Crippen molar-refractivity contribution in [3.05, 3.63) is 36.5 Å². The van der Waals surface area contributed by atoms with Gasteiger partial charge in [0.05, 0.1) is 36.7 Å². The third-order valence-corrected chi connectivity index (χ3v) is 4.09. The van der Waals surface area contributed by atoms with Crippen LogP contribution in [-0.2, 0) is 10.0 Å². The number of sulfonamides is 1. The predicted molar refractivity (Wildman–Crippen MR) is 79.0 cm³/mol. The third kappa shape index (κ3) is 3.34. The van der Waals surface area contributed by atoms with E-state index >= 15 is 0 Å². The maximum atomic E-state index is 12.2. The molecule has 1 aromatic carbocycles. The summed E-state index contributed by atoms with van der Waals surface area (Å²) >= 11 is 0. The van der Waals surface area contributed by atoms with Crippen LogP contribution in [-0.4, -0.2) is 27.6 Å². The fraction of sp³-hybridized carbons (Fsp3) is 0.154. The van der Waals surface area contributed by atoms with Crippen LogP contribution in [0.3, 0.4) is 0 Å². The standard InChI is InChI=1S/C13H15N3O4S/c1-19-12-5-4-10(7-11(12)14)21(17,18)16-9-3-6-13(20-2)15-8-9/h3-8,16H,14H2,1-2H3. The van der Waals surface area contributed by atoms with E-state index in [1.165, 1.54) is 38.6 Å². The SMILES string of the molecule is COc1ccc(NS(=O)(=O)c2ccc(OC)c(N)c2)cn1. The number of hydrogen-bond donors (Lipinski definition) is 2. The van der Waals surface area contributed by atoms with Gasteiger partial charge < -0.3 is 15.2 Å². The van der Waals surface area contributed by atoms with Crippen LogP contribution in [0.25, 0.3) is 0 Å². The van der Waals surface area contributed by atoms with Gasteiger partial charge in [-0.1, -0.05) is 0 Å². The lowest BCUT2D eigenvalue weighted by atomic mass is 10.3. The first kappa shape index (κ1) is 14.9. The molecule has 8 heteroatoms. The molecule has 1 heterocycles. The minimum absolute atomic E-state index is 0.0385. The van der Waals surface area contributed by atoms with Crippen molar-refractivity contribution in [2.75, 3.05) is 24.7 Å². The number of nitrogens with two attached hydrogens (primary N) is 1. The predicted octanol–water partition coefficient (Wildman–Crippen LogP) is 1.48. The summed E-state index contributed by atoms with van der Waals surface area (Å²) in [6.45, 7) is 0. The quantitative estimate of drug-likeness (QED) is 0.811. The Morgan fingerprint density at radius 1 is 1.14 bits per heavy atom. The molecular formula is C13H15N3O4S. The van der Waals surface area contributed by atoms with Crippen molar-refractivity contribution in [2.45, 2.75) is 4.90 Å². The summed E-state index contributed by atoms with van der Waals surface area (Å²) in [6.07, 6.45) is 1.36. The zero-order valence-corrected chi connectivity index (χ0v) is 12.3. The first-order valence-electron chi connectivity index (χ1n) is 5.92. The van der Waals surface area contributed by atoms with Gasteiger partial charge in [-0.25, -0.2) is 13.4 Å². The summed E-state index contributed by atoms with van der Waals surface area (Å²) in [7, 11) is -0.809. The second kappa shape index (κ2) is 5.88. The average molecular weight is 309 g/mol. The van der Waals surface area contributed by atoms with Gasteiger partial charge in [0, 0.05) is 6.07 Å². The summed E-state index contributed by atoms with van der Waals surface area (Å²) in [4.78, 5) is 3.96. The van der Waals surface area contributed by atoms with Crippen LogP contribution in [0.4, 0.5) is 11.4 Å². The van der Waals surface area contributed by atoms with E-state index in [0.29, 0.717) is 17.3 Å². The number of ether oxygens (including phenoxy) is 2. The van der Waals surface area contributed by atoms with Gasteiger partial charge in [-0.3, -0.25) is 4.72 Å². The smallest absolute Gasteiger partial charge is 0.262 e. The van der Waals surface area contributed by atoms with E-state index in [1.54, 1.807) is 12.1 Å². The van der Waals surface area contributed by atoms with E-state index in [-0.39, 0.29) is 10.6 Å². The third-order valence-electron chi connectivity index (χ3n) is 2.71. The number of rotatable bonds is 5. The lowest BCUT2D eigenvalue weighted by molar-refractivity contribution is 0.398. The number of pyridine rings is 1. The molecule has 0 aliphatic heterocycles. The molecule has 0 aliphatic carbocycles. The molecule has 0 saturated carbocycles. The zero-order valence-electron chi connectivity index (χ0n) is 11.5. The first-order chi connectivity index (χ1) is 9.96. The van der Waals surface area contributed by atoms with Crippen molar-refractivity contribution in [3.63, 3.8) is 0 Å². The van der Waals surface area contributed by atoms with Crippen LogP contribution in [0.1, 0.15) is 0 Å². The summed E-state index contributed by atoms with van der Waals surface area (Å²) in [5.41, 5.74) is 6.28. The minimum atomic E-state index is -3.75. The molecule has 7 nitrogen and oxygen atoms in total. The largest absolute Gasteiger partial charge is 0.495 e. The molecule has 0 aliphatic rings. The van der Waals surface area contributed by atoms with E-state index in [9.17, 15) is 8.42 Å². The van der Waals surface area contributed by atoms with Crippen LogP contribution in [0.2, 0.25) is 0 Å². The topological polar surface area (TPSA) is 104 Å². The Morgan fingerprint density at radius 3 is 2.43 bits per heavy atom. The van der Waals surface area contributed by atoms with Crippen LogP contribution in [0, 0.1) is 0 Å². The second-order valence-corrected chi connectivity index (χ2v) is 5.78. The molecule has 0 spiro atoms. The molecule has 0 saturated heterocycles. The molecule has 112 valence electrons. The highest BCUT2D eigenvalue weighted by molar-refractivity contribution is 7.92. The van der Waals surface area contributed by atoms with Gasteiger partial charge in [-0.05, 0) is 24.3 Å². The molecule has 0 unspecified atom stereocenters. The number of methoxy groups -OCH3 is 2. The average Bonchev–Trinajstić information content (AvgIpc) is 2.47. The van der Waals surface area contributed by atoms with Gasteiger partial charge in [0.2, 0.25) is 5.88 Å². The van der Waals surface area contributed by atoms with Crippen molar-refractivity contribution in [3.8, 4) is 11.6 Å². The summed E-state index contributed by atoms with van der Waals surface area (Å²) in [5, 5.41) is 0. The van der Waals surface area contributed by atoms with Crippen molar-refractivity contribution < 1.29 is 17.9 Å². The number of hydrogen-bond acceptors (Lipinski definition) is 6. The van der Waals surface area contributed by atoms with Crippen molar-refractivity contribution in [2.24, 2.45) is 0 Å². The summed E-state index contributed by atoms with van der Waals surface area (Å²) in [6, 6.07) is 7.35. The first-order valence-corrected chi connectivity index (χ1v) is 7.41. The van der Waals surface area contributed by atoms with Gasteiger partial charge in [-0.2, -0.15) is 0 Å². The molecule has 1 aromatic heterocycles. The van der Waals surface area contributed by atoms with Gasteiger partial charge in [0.25, 0.3) is 10.0 Å². The van der Waals surface area contributed by atoms with Gasteiger partial charge in [-0.15, -0.1) is 0 Å². The summed E-state index contributed by atoms with van der Waals surface area (Å²) < 4.78 is 36.8. The van der Waals surface area contributed by atoms with Crippen LogP contribution < -0.4 is 19.9 Å². The Bertz CT molecular complexity index is 730. The summed E-state index contributed by atoms with van der Waals surface area (Å²) in [5.74, 6) is 0.812. The van der Waals surface area contributed by atoms with Gasteiger partial charge in [0.15, 0.2) is 0 Å². The lowest BCUT2D eigenvalue weighted by Gasteiger charge is -2.10. The van der Waals surface area contributed by atoms with Crippen molar-refractivity contribution in [1.29, 1.82) is 0 Å². The molecule has 3 N–H and O–H groups in total. The Balaban J connectivity index is 2.26. The highest BCUT2D eigenvalue weighted by Gasteiger charge is 2.16. The maximum Gasteiger partial charge on any atom is 0.262 e. The molecule has 2 aromatic rings. The van der Waals surface area contributed by atoms with Crippen molar-refractivity contribution in [1.82, 2.24) is 4.98 Å². The highest BCUT2D eigenvalue weighted by Crippen LogP contribution is 2.25. The monoisotopic (exact) mass is 309 g/mol. The van der Waals surface area contributed by atoms with Gasteiger partial charge >= 0.3 is 0 Å². The molecular weight excluding hydrogens is 294 g/mol. The highest BCUT2D eigenvalue weighted by atomic mass is 32.2. The normalized spacial score (nSPS) is 11.0. The Labute approximate surface area is 122 Å². The number of nitrogen functional groups attached to an aromatic ring is 1. The molecule has 0 fully saturated rings. The van der Waals surface area contributed by atoms with E-state index in [1.807, 2.05) is 0 Å².